The molecule has 4 rings (SSSR count). The molecule has 2 aliphatic heterocycles. The number of fused-ring (bicyclic) bond motifs is 1. The number of likely N-dealkylation sites (tertiary alicyclic amines) is 1. The molecule has 0 radical (unpaired) electrons. The number of furan rings is 1. The third-order valence-corrected chi connectivity index (χ3v) is 5.21. The van der Waals surface area contributed by atoms with Crippen LogP contribution in [0.15, 0.2) is 23.0 Å². The molecule has 5 heteroatoms. The maximum absolute atomic E-state index is 12.1. The van der Waals surface area contributed by atoms with Gasteiger partial charge in [0.2, 0.25) is 5.91 Å². The lowest BCUT2D eigenvalue weighted by Gasteiger charge is -2.32. The van der Waals surface area contributed by atoms with Crippen molar-refractivity contribution in [1.82, 2.24) is 10.2 Å². The van der Waals surface area contributed by atoms with Gasteiger partial charge in [-0.05, 0) is 36.7 Å². The van der Waals surface area contributed by atoms with E-state index in [0.717, 1.165) is 45.7 Å². The molecular formula is C17H24N2O3. The van der Waals surface area contributed by atoms with Gasteiger partial charge in [0, 0.05) is 37.7 Å². The van der Waals surface area contributed by atoms with Gasteiger partial charge in [0.25, 0.3) is 0 Å². The van der Waals surface area contributed by atoms with Gasteiger partial charge in [0.05, 0.1) is 25.7 Å². The zero-order valence-corrected chi connectivity index (χ0v) is 12.9. The molecule has 1 N–H and O–H groups in total. The molecule has 0 spiro atoms. The number of nitrogens with zero attached hydrogens (tertiary/aromatic N) is 1. The summed E-state index contributed by atoms with van der Waals surface area (Å²) in [5.41, 5.74) is 1.22. The van der Waals surface area contributed by atoms with Crippen LogP contribution in [0.3, 0.4) is 0 Å². The highest BCUT2D eigenvalue weighted by molar-refractivity contribution is 5.76. The highest BCUT2D eigenvalue weighted by atomic mass is 16.5. The zero-order valence-electron chi connectivity index (χ0n) is 12.9. The Morgan fingerprint density at radius 2 is 2.23 bits per heavy atom. The van der Waals surface area contributed by atoms with Gasteiger partial charge in [-0.1, -0.05) is 0 Å². The Bertz CT molecular complexity index is 512. The second-order valence-electron chi connectivity index (χ2n) is 7.09. The minimum absolute atomic E-state index is 0.213. The molecule has 1 aliphatic carbocycles. The highest BCUT2D eigenvalue weighted by Crippen LogP contribution is 2.36. The summed E-state index contributed by atoms with van der Waals surface area (Å²) in [5, 5.41) is 3.11. The molecule has 3 heterocycles. The first-order valence-electron chi connectivity index (χ1n) is 8.38. The Hall–Kier alpha value is -1.33. The van der Waals surface area contributed by atoms with E-state index in [1.54, 1.807) is 6.26 Å². The van der Waals surface area contributed by atoms with Crippen molar-refractivity contribution in [2.24, 2.45) is 17.8 Å². The van der Waals surface area contributed by atoms with Gasteiger partial charge in [0.15, 0.2) is 0 Å². The normalized spacial score (nSPS) is 31.9. The molecular weight excluding hydrogens is 280 g/mol. The summed E-state index contributed by atoms with van der Waals surface area (Å²) in [6, 6.07) is 2.48. The lowest BCUT2D eigenvalue weighted by atomic mass is 9.81. The Balaban J connectivity index is 1.34. The van der Waals surface area contributed by atoms with E-state index in [9.17, 15) is 4.79 Å². The van der Waals surface area contributed by atoms with Gasteiger partial charge in [-0.25, -0.2) is 0 Å². The van der Waals surface area contributed by atoms with Gasteiger partial charge in [-0.2, -0.15) is 0 Å². The van der Waals surface area contributed by atoms with Gasteiger partial charge in [-0.15, -0.1) is 0 Å². The fourth-order valence-corrected chi connectivity index (χ4v) is 3.93. The smallest absolute Gasteiger partial charge is 0.220 e. The number of ether oxygens (including phenoxy) is 1. The van der Waals surface area contributed by atoms with Gasteiger partial charge in [0.1, 0.15) is 0 Å². The predicted molar refractivity (Wildman–Crippen MR) is 81.1 cm³/mol. The van der Waals surface area contributed by atoms with Gasteiger partial charge >= 0.3 is 0 Å². The first-order valence-corrected chi connectivity index (χ1v) is 8.38. The SMILES string of the molecule is O=C(C[C@@H]1COC[C@H]2CN(Cc3ccoc3)C[C@@H]12)NC1CC1. The van der Waals surface area contributed by atoms with Crippen molar-refractivity contribution < 1.29 is 13.9 Å². The number of hydrogen-bond acceptors (Lipinski definition) is 4. The van der Waals surface area contributed by atoms with Crippen LogP contribution >= 0.6 is 0 Å². The Morgan fingerprint density at radius 3 is 3.00 bits per heavy atom. The molecule has 1 saturated carbocycles. The van der Waals surface area contributed by atoms with Crippen LogP contribution in [-0.4, -0.2) is 43.2 Å². The molecule has 120 valence electrons. The largest absolute Gasteiger partial charge is 0.472 e. The summed E-state index contributed by atoms with van der Waals surface area (Å²) >= 11 is 0. The molecule has 0 aromatic carbocycles. The van der Waals surface area contributed by atoms with Crippen molar-refractivity contribution in [1.29, 1.82) is 0 Å². The number of carbonyl (C=O) groups is 1. The molecule has 3 atom stereocenters. The van der Waals surface area contributed by atoms with E-state index in [0.29, 0.717) is 30.2 Å². The monoisotopic (exact) mass is 304 g/mol. The fraction of sp³-hybridized carbons (Fsp3) is 0.706. The molecule has 5 nitrogen and oxygen atoms in total. The number of hydrogen-bond donors (Lipinski definition) is 1. The Morgan fingerprint density at radius 1 is 1.32 bits per heavy atom. The van der Waals surface area contributed by atoms with Crippen molar-refractivity contribution in [3.05, 3.63) is 24.2 Å². The van der Waals surface area contributed by atoms with Crippen LogP contribution < -0.4 is 5.32 Å². The number of rotatable bonds is 5. The topological polar surface area (TPSA) is 54.7 Å². The minimum atomic E-state index is 0.213. The van der Waals surface area contributed by atoms with Crippen molar-refractivity contribution in [3.8, 4) is 0 Å². The van der Waals surface area contributed by atoms with E-state index < -0.39 is 0 Å². The Labute approximate surface area is 131 Å². The van der Waals surface area contributed by atoms with Crippen LogP contribution in [0.1, 0.15) is 24.8 Å². The third-order valence-electron chi connectivity index (χ3n) is 5.21. The number of nitrogens with one attached hydrogen (secondary N) is 1. The maximum atomic E-state index is 12.1. The number of carbonyl (C=O) groups excluding carboxylic acids is 1. The summed E-state index contributed by atoms with van der Waals surface area (Å²) in [6.07, 6.45) is 6.47. The zero-order chi connectivity index (χ0) is 14.9. The van der Waals surface area contributed by atoms with Crippen molar-refractivity contribution in [2.45, 2.75) is 31.8 Å². The summed E-state index contributed by atoms with van der Waals surface area (Å²) in [7, 11) is 0. The lowest BCUT2D eigenvalue weighted by Crippen LogP contribution is -2.38. The summed E-state index contributed by atoms with van der Waals surface area (Å²) in [6.45, 7) is 4.65. The third kappa shape index (κ3) is 3.20. The standard InChI is InChI=1S/C17H24N2O3/c20-17(18-15-1-2-15)5-13-10-22-11-14-7-19(8-16(13)14)6-12-3-4-21-9-12/h3-4,9,13-16H,1-2,5-8,10-11H2,(H,18,20)/t13-,14-,16+/m1/s1. The van der Waals surface area contributed by atoms with Gasteiger partial charge < -0.3 is 14.5 Å². The molecule has 22 heavy (non-hydrogen) atoms. The quantitative estimate of drug-likeness (QED) is 0.898. The molecule has 0 unspecified atom stereocenters. The van der Waals surface area contributed by atoms with Crippen LogP contribution in [0.2, 0.25) is 0 Å². The predicted octanol–water partition coefficient (Wildman–Crippen LogP) is 1.64. The van der Waals surface area contributed by atoms with Crippen LogP contribution in [-0.2, 0) is 16.1 Å². The molecule has 0 bridgehead atoms. The van der Waals surface area contributed by atoms with Crippen LogP contribution in [0.5, 0.6) is 0 Å². The first-order chi connectivity index (χ1) is 10.8. The fourth-order valence-electron chi connectivity index (χ4n) is 3.93. The molecule has 2 saturated heterocycles. The summed E-state index contributed by atoms with van der Waals surface area (Å²) in [5.74, 6) is 1.74. The van der Waals surface area contributed by atoms with E-state index in [-0.39, 0.29) is 5.91 Å². The highest BCUT2D eigenvalue weighted by Gasteiger charge is 2.41. The molecule has 3 fully saturated rings. The second-order valence-corrected chi connectivity index (χ2v) is 7.09. The van der Waals surface area contributed by atoms with E-state index in [1.165, 1.54) is 5.56 Å². The molecule has 1 amide bonds. The van der Waals surface area contributed by atoms with Crippen molar-refractivity contribution in [2.75, 3.05) is 26.3 Å². The maximum Gasteiger partial charge on any atom is 0.220 e. The van der Waals surface area contributed by atoms with Crippen LogP contribution in [0, 0.1) is 17.8 Å². The molecule has 1 aromatic rings. The van der Waals surface area contributed by atoms with E-state index in [4.69, 9.17) is 9.15 Å². The van der Waals surface area contributed by atoms with E-state index in [2.05, 4.69) is 10.2 Å². The van der Waals surface area contributed by atoms with Crippen molar-refractivity contribution in [3.63, 3.8) is 0 Å². The van der Waals surface area contributed by atoms with E-state index >= 15 is 0 Å². The van der Waals surface area contributed by atoms with Crippen molar-refractivity contribution >= 4 is 5.91 Å². The number of amides is 1. The van der Waals surface area contributed by atoms with Crippen LogP contribution in [0.25, 0.3) is 0 Å². The van der Waals surface area contributed by atoms with Crippen LogP contribution in [0.4, 0.5) is 0 Å². The Kier molecular flexibility index (Phi) is 3.92. The average Bonchev–Trinajstić information content (AvgIpc) is 3.00. The lowest BCUT2D eigenvalue weighted by molar-refractivity contribution is -0.124. The summed E-state index contributed by atoms with van der Waals surface area (Å²) < 4.78 is 10.9. The first kappa shape index (κ1) is 14.3. The van der Waals surface area contributed by atoms with Gasteiger partial charge in [-0.3, -0.25) is 9.69 Å². The molecule has 1 aromatic heterocycles. The van der Waals surface area contributed by atoms with E-state index in [1.807, 2.05) is 12.3 Å². The molecule has 3 aliphatic rings. The average molecular weight is 304 g/mol. The summed E-state index contributed by atoms with van der Waals surface area (Å²) in [4.78, 5) is 14.6. The minimum Gasteiger partial charge on any atom is -0.472 e. The second kappa shape index (κ2) is 6.05.